The average molecular weight is 393 g/mol. The lowest BCUT2D eigenvalue weighted by atomic mass is 10.1. The maximum atomic E-state index is 13.1. The van der Waals surface area contributed by atoms with Gasteiger partial charge in [-0.2, -0.15) is 0 Å². The normalized spacial score (nSPS) is 10.8. The van der Waals surface area contributed by atoms with Crippen LogP contribution in [0.1, 0.15) is 10.6 Å². The largest absolute Gasteiger partial charge is 0.444 e. The first-order chi connectivity index (χ1) is 13.6. The van der Waals surface area contributed by atoms with E-state index in [1.54, 1.807) is 12.1 Å². The summed E-state index contributed by atoms with van der Waals surface area (Å²) in [6, 6.07) is 15.6. The van der Waals surface area contributed by atoms with E-state index >= 15 is 0 Å². The summed E-state index contributed by atoms with van der Waals surface area (Å²) in [6.45, 7) is 1.91. The van der Waals surface area contributed by atoms with Crippen LogP contribution in [0.4, 0.5) is 9.52 Å². The SMILES string of the molecule is Cc1sc(NC(=O)Cc2coc(-c3ccccc3)n2)nc1-c1ccc(F)cc1. The molecule has 0 atom stereocenters. The molecular weight excluding hydrogens is 377 g/mol. The molecule has 0 radical (unpaired) electrons. The Balaban J connectivity index is 1.44. The van der Waals surface area contributed by atoms with Crippen molar-refractivity contribution in [3.8, 4) is 22.7 Å². The third kappa shape index (κ3) is 3.99. The Morgan fingerprint density at radius 1 is 1.07 bits per heavy atom. The number of aryl methyl sites for hydroxylation is 1. The maximum Gasteiger partial charge on any atom is 0.232 e. The van der Waals surface area contributed by atoms with E-state index in [1.807, 2.05) is 37.3 Å². The Bertz CT molecular complexity index is 1100. The number of thiazole rings is 1. The number of nitrogens with zero attached hydrogens (tertiary/aromatic N) is 2. The van der Waals surface area contributed by atoms with Crippen LogP contribution in [0, 0.1) is 12.7 Å². The highest BCUT2D eigenvalue weighted by atomic mass is 32.1. The van der Waals surface area contributed by atoms with Crippen molar-refractivity contribution in [2.75, 3.05) is 5.32 Å². The Morgan fingerprint density at radius 3 is 2.57 bits per heavy atom. The zero-order valence-electron chi connectivity index (χ0n) is 15.0. The molecule has 28 heavy (non-hydrogen) atoms. The van der Waals surface area contributed by atoms with E-state index < -0.39 is 0 Å². The Kier molecular flexibility index (Phi) is 4.99. The van der Waals surface area contributed by atoms with Gasteiger partial charge in [0.25, 0.3) is 0 Å². The first kappa shape index (κ1) is 18.1. The lowest BCUT2D eigenvalue weighted by molar-refractivity contribution is -0.115. The summed E-state index contributed by atoms with van der Waals surface area (Å²) in [7, 11) is 0. The van der Waals surface area contributed by atoms with Gasteiger partial charge in [-0.05, 0) is 43.3 Å². The number of rotatable bonds is 5. The molecule has 0 unspecified atom stereocenters. The number of amides is 1. The number of oxazole rings is 1. The molecule has 0 spiro atoms. The standard InChI is InChI=1S/C21H16FN3O2S/c1-13-19(14-7-9-16(22)10-8-14)25-21(28-13)24-18(26)11-17-12-27-20(23-17)15-5-3-2-4-6-15/h2-10,12H,11H2,1H3,(H,24,25,26). The lowest BCUT2D eigenvalue weighted by Gasteiger charge is -1.99. The van der Waals surface area contributed by atoms with Crippen LogP contribution >= 0.6 is 11.3 Å². The van der Waals surface area contributed by atoms with Gasteiger partial charge < -0.3 is 9.73 Å². The first-order valence-electron chi connectivity index (χ1n) is 8.61. The molecule has 7 heteroatoms. The van der Waals surface area contributed by atoms with Gasteiger partial charge in [-0.25, -0.2) is 14.4 Å². The number of nitrogens with one attached hydrogen (secondary N) is 1. The van der Waals surface area contributed by atoms with E-state index in [0.717, 1.165) is 21.7 Å². The van der Waals surface area contributed by atoms with Crippen LogP contribution in [0.25, 0.3) is 22.7 Å². The molecule has 0 bridgehead atoms. The van der Waals surface area contributed by atoms with Gasteiger partial charge in [0.2, 0.25) is 11.8 Å². The number of hydrogen-bond acceptors (Lipinski definition) is 5. The van der Waals surface area contributed by atoms with E-state index in [-0.39, 0.29) is 18.1 Å². The Morgan fingerprint density at radius 2 is 1.82 bits per heavy atom. The van der Waals surface area contributed by atoms with Crippen LogP contribution in [-0.2, 0) is 11.2 Å². The van der Waals surface area contributed by atoms with Gasteiger partial charge in [0.05, 0.1) is 17.8 Å². The summed E-state index contributed by atoms with van der Waals surface area (Å²) in [5.41, 5.74) is 2.93. The predicted octanol–water partition coefficient (Wildman–Crippen LogP) is 5.09. The van der Waals surface area contributed by atoms with Crippen molar-refractivity contribution in [2.24, 2.45) is 0 Å². The molecule has 0 fully saturated rings. The van der Waals surface area contributed by atoms with E-state index in [4.69, 9.17) is 4.42 Å². The van der Waals surface area contributed by atoms with Gasteiger partial charge in [-0.15, -0.1) is 11.3 Å². The number of carbonyl (C=O) groups is 1. The van der Waals surface area contributed by atoms with Gasteiger partial charge >= 0.3 is 0 Å². The summed E-state index contributed by atoms with van der Waals surface area (Å²) >= 11 is 1.37. The summed E-state index contributed by atoms with van der Waals surface area (Å²) in [6.07, 6.45) is 1.57. The molecule has 1 amide bonds. The number of carbonyl (C=O) groups excluding carboxylic acids is 1. The zero-order valence-corrected chi connectivity index (χ0v) is 15.8. The van der Waals surface area contributed by atoms with Crippen molar-refractivity contribution in [1.29, 1.82) is 0 Å². The zero-order chi connectivity index (χ0) is 19.5. The lowest BCUT2D eigenvalue weighted by Crippen LogP contribution is -2.14. The van der Waals surface area contributed by atoms with Gasteiger partial charge in [0.1, 0.15) is 12.1 Å². The molecule has 0 saturated heterocycles. The average Bonchev–Trinajstić information content (AvgIpc) is 3.30. The molecule has 0 aliphatic heterocycles. The molecule has 2 heterocycles. The van der Waals surface area contributed by atoms with Crippen molar-refractivity contribution >= 4 is 22.4 Å². The summed E-state index contributed by atoms with van der Waals surface area (Å²) in [5.74, 6) is -0.0490. The minimum Gasteiger partial charge on any atom is -0.444 e. The fraction of sp³-hybridized carbons (Fsp3) is 0.0952. The molecule has 0 saturated carbocycles. The van der Waals surface area contributed by atoms with Crippen molar-refractivity contribution in [3.05, 3.63) is 77.2 Å². The predicted molar refractivity (Wildman–Crippen MR) is 107 cm³/mol. The van der Waals surface area contributed by atoms with Crippen molar-refractivity contribution in [3.63, 3.8) is 0 Å². The van der Waals surface area contributed by atoms with Crippen molar-refractivity contribution in [2.45, 2.75) is 13.3 Å². The van der Waals surface area contributed by atoms with Crippen molar-refractivity contribution in [1.82, 2.24) is 9.97 Å². The van der Waals surface area contributed by atoms with Gasteiger partial charge in [0, 0.05) is 16.0 Å². The smallest absolute Gasteiger partial charge is 0.232 e. The van der Waals surface area contributed by atoms with Crippen LogP contribution in [0.2, 0.25) is 0 Å². The number of aromatic nitrogens is 2. The van der Waals surface area contributed by atoms with Gasteiger partial charge in [-0.3, -0.25) is 4.79 Å². The van der Waals surface area contributed by atoms with Crippen LogP contribution < -0.4 is 5.32 Å². The van der Waals surface area contributed by atoms with E-state index in [2.05, 4.69) is 15.3 Å². The number of halogens is 1. The molecule has 2 aromatic heterocycles. The second-order valence-electron chi connectivity index (χ2n) is 6.17. The van der Waals surface area contributed by atoms with Crippen molar-refractivity contribution < 1.29 is 13.6 Å². The molecule has 140 valence electrons. The van der Waals surface area contributed by atoms with Crippen LogP contribution in [0.5, 0.6) is 0 Å². The van der Waals surface area contributed by atoms with E-state index in [9.17, 15) is 9.18 Å². The van der Waals surface area contributed by atoms with Gasteiger partial charge in [0.15, 0.2) is 5.13 Å². The number of benzene rings is 2. The Hall–Kier alpha value is -3.32. The highest BCUT2D eigenvalue weighted by Gasteiger charge is 2.14. The third-order valence-corrected chi connectivity index (χ3v) is 4.96. The first-order valence-corrected chi connectivity index (χ1v) is 9.43. The van der Waals surface area contributed by atoms with E-state index in [1.165, 1.54) is 29.7 Å². The molecule has 5 nitrogen and oxygen atoms in total. The van der Waals surface area contributed by atoms with Gasteiger partial charge in [-0.1, -0.05) is 18.2 Å². The number of anilines is 1. The minimum atomic E-state index is -0.298. The topological polar surface area (TPSA) is 68.0 Å². The quantitative estimate of drug-likeness (QED) is 0.513. The summed E-state index contributed by atoms with van der Waals surface area (Å²) in [5, 5.41) is 3.29. The number of hydrogen-bond donors (Lipinski definition) is 1. The summed E-state index contributed by atoms with van der Waals surface area (Å²) in [4.78, 5) is 22.1. The fourth-order valence-corrected chi connectivity index (χ4v) is 3.61. The molecular formula is C21H16FN3O2S. The molecule has 0 aliphatic rings. The second kappa shape index (κ2) is 7.74. The fourth-order valence-electron chi connectivity index (χ4n) is 2.75. The van der Waals surface area contributed by atoms with Crippen LogP contribution in [-0.4, -0.2) is 15.9 Å². The third-order valence-electron chi connectivity index (χ3n) is 4.07. The molecule has 2 aromatic carbocycles. The molecule has 1 N–H and O–H groups in total. The van der Waals surface area contributed by atoms with Crippen LogP contribution in [0.15, 0.2) is 65.3 Å². The molecule has 4 aromatic rings. The Labute approximate surface area is 164 Å². The maximum absolute atomic E-state index is 13.1. The molecule has 4 rings (SSSR count). The second-order valence-corrected chi connectivity index (χ2v) is 7.37. The molecule has 0 aliphatic carbocycles. The summed E-state index contributed by atoms with van der Waals surface area (Å²) < 4.78 is 18.6. The minimum absolute atomic E-state index is 0.0842. The monoisotopic (exact) mass is 393 g/mol. The highest BCUT2D eigenvalue weighted by Crippen LogP contribution is 2.30. The highest BCUT2D eigenvalue weighted by molar-refractivity contribution is 7.16. The van der Waals surface area contributed by atoms with E-state index in [0.29, 0.717) is 16.7 Å². The van der Waals surface area contributed by atoms with Crippen LogP contribution in [0.3, 0.4) is 0 Å².